The molecule has 1 aliphatic rings. The predicted octanol–water partition coefficient (Wildman–Crippen LogP) is 4.44. The third-order valence-electron chi connectivity index (χ3n) is 5.33. The minimum atomic E-state index is 0.114. The zero-order valence-electron chi connectivity index (χ0n) is 18.3. The Hall–Kier alpha value is -2.25. The highest BCUT2D eigenvalue weighted by Crippen LogP contribution is 2.38. The Labute approximate surface area is 182 Å². The first-order valence-electron chi connectivity index (χ1n) is 10.7. The van der Waals surface area contributed by atoms with E-state index in [0.29, 0.717) is 5.82 Å². The van der Waals surface area contributed by atoms with Crippen molar-refractivity contribution in [3.63, 3.8) is 0 Å². The maximum Gasteiger partial charge on any atom is 0.174 e. The molecular formula is C23H31N5OS. The number of imidazole rings is 1. The zero-order valence-corrected chi connectivity index (χ0v) is 19.1. The summed E-state index contributed by atoms with van der Waals surface area (Å²) < 4.78 is 8.09. The van der Waals surface area contributed by atoms with Crippen LogP contribution in [0.2, 0.25) is 0 Å². The van der Waals surface area contributed by atoms with Crippen molar-refractivity contribution in [3.05, 3.63) is 35.5 Å². The molecule has 0 unspecified atom stereocenters. The molecule has 3 aromatic rings. The molecule has 160 valence electrons. The van der Waals surface area contributed by atoms with Crippen molar-refractivity contribution in [3.8, 4) is 5.75 Å². The fourth-order valence-electron chi connectivity index (χ4n) is 3.77. The second kappa shape index (κ2) is 8.47. The average molecular weight is 426 g/mol. The Morgan fingerprint density at radius 1 is 1.30 bits per heavy atom. The summed E-state index contributed by atoms with van der Waals surface area (Å²) in [6.45, 7) is 11.4. The Kier molecular flexibility index (Phi) is 5.93. The van der Waals surface area contributed by atoms with Crippen LogP contribution in [0.25, 0.3) is 11.0 Å². The van der Waals surface area contributed by atoms with Gasteiger partial charge in [0, 0.05) is 29.6 Å². The molecule has 0 saturated heterocycles. The van der Waals surface area contributed by atoms with Crippen molar-refractivity contribution in [1.29, 1.82) is 0 Å². The molecular weight excluding hydrogens is 394 g/mol. The first-order chi connectivity index (χ1) is 14.4. The monoisotopic (exact) mass is 425 g/mol. The first kappa shape index (κ1) is 21.0. The Balaban J connectivity index is 1.66. The molecule has 7 heteroatoms. The molecule has 4 rings (SSSR count). The molecule has 30 heavy (non-hydrogen) atoms. The highest BCUT2D eigenvalue weighted by atomic mass is 32.2. The van der Waals surface area contributed by atoms with Crippen molar-refractivity contribution in [2.45, 2.75) is 69.1 Å². The van der Waals surface area contributed by atoms with Gasteiger partial charge in [-0.15, -0.1) is 0 Å². The molecule has 0 radical (unpaired) electrons. The van der Waals surface area contributed by atoms with Gasteiger partial charge in [-0.25, -0.2) is 9.97 Å². The van der Waals surface area contributed by atoms with Crippen LogP contribution >= 0.6 is 11.8 Å². The number of aryl methyl sites for hydroxylation is 2. The van der Waals surface area contributed by atoms with Crippen molar-refractivity contribution in [1.82, 2.24) is 19.9 Å². The molecule has 0 saturated carbocycles. The van der Waals surface area contributed by atoms with E-state index in [0.717, 1.165) is 60.9 Å². The van der Waals surface area contributed by atoms with Crippen molar-refractivity contribution in [2.75, 3.05) is 18.9 Å². The van der Waals surface area contributed by atoms with E-state index in [1.807, 2.05) is 6.07 Å². The van der Waals surface area contributed by atoms with Gasteiger partial charge >= 0.3 is 0 Å². The van der Waals surface area contributed by atoms with E-state index in [1.54, 1.807) is 18.0 Å². The van der Waals surface area contributed by atoms with E-state index < -0.39 is 0 Å². The second-order valence-electron chi connectivity index (χ2n) is 8.76. The molecule has 1 aromatic carbocycles. The van der Waals surface area contributed by atoms with Crippen LogP contribution in [0, 0.1) is 0 Å². The molecule has 1 aliphatic heterocycles. The number of hydrogen-bond acceptors (Lipinski definition) is 6. The Morgan fingerprint density at radius 2 is 2.13 bits per heavy atom. The van der Waals surface area contributed by atoms with Crippen LogP contribution in [0.15, 0.2) is 34.4 Å². The minimum absolute atomic E-state index is 0.114. The highest BCUT2D eigenvalue weighted by molar-refractivity contribution is 7.99. The number of fused-ring (bicyclic) bond motifs is 2. The van der Waals surface area contributed by atoms with Gasteiger partial charge in [0.2, 0.25) is 0 Å². The lowest BCUT2D eigenvalue weighted by molar-refractivity contribution is 0.356. The maximum atomic E-state index is 6.15. The Morgan fingerprint density at radius 3 is 2.90 bits per heavy atom. The standard InChI is InChI=1S/C23H31N5OS/c1-5-15-13-16-8-12-29-18(16)14-19(15)30-22-27-20-17(7-10-25-21(20)24)28(22)11-6-9-26-23(2,3)4/h7,10,13-14,26H,5-6,8-9,11-12H2,1-4H3,(H2,24,25). The number of anilines is 1. The van der Waals surface area contributed by atoms with E-state index in [4.69, 9.17) is 15.5 Å². The fourth-order valence-corrected chi connectivity index (χ4v) is 4.91. The first-order valence-corrected chi connectivity index (χ1v) is 11.5. The second-order valence-corrected chi connectivity index (χ2v) is 9.77. The number of nitrogen functional groups attached to an aromatic ring is 1. The van der Waals surface area contributed by atoms with E-state index in [1.165, 1.54) is 16.0 Å². The van der Waals surface area contributed by atoms with Gasteiger partial charge < -0.3 is 20.4 Å². The lowest BCUT2D eigenvalue weighted by Gasteiger charge is -2.20. The summed E-state index contributed by atoms with van der Waals surface area (Å²) in [5, 5.41) is 4.52. The SMILES string of the molecule is CCc1cc2c(cc1Sc1nc3c(N)nccc3n1CCCNC(C)(C)C)OCC2. The fraction of sp³-hybridized carbons (Fsp3) is 0.478. The smallest absolute Gasteiger partial charge is 0.174 e. The third kappa shape index (κ3) is 4.42. The summed E-state index contributed by atoms with van der Waals surface area (Å²) >= 11 is 1.70. The number of nitrogens with zero attached hydrogens (tertiary/aromatic N) is 3. The normalized spacial score (nSPS) is 13.6. The summed E-state index contributed by atoms with van der Waals surface area (Å²) in [5.41, 5.74) is 10.7. The molecule has 3 N–H and O–H groups in total. The number of pyridine rings is 1. The van der Waals surface area contributed by atoms with Crippen LogP contribution in [0.1, 0.15) is 45.2 Å². The molecule has 0 bridgehead atoms. The van der Waals surface area contributed by atoms with E-state index in [9.17, 15) is 0 Å². The number of rotatable bonds is 7. The topological polar surface area (TPSA) is 78.0 Å². The summed E-state index contributed by atoms with van der Waals surface area (Å²) in [4.78, 5) is 10.3. The van der Waals surface area contributed by atoms with Crippen LogP contribution in [-0.4, -0.2) is 33.2 Å². The van der Waals surface area contributed by atoms with E-state index in [-0.39, 0.29) is 5.54 Å². The van der Waals surface area contributed by atoms with Gasteiger partial charge in [-0.3, -0.25) is 0 Å². The molecule has 0 spiro atoms. The largest absolute Gasteiger partial charge is 0.493 e. The highest BCUT2D eigenvalue weighted by Gasteiger charge is 2.20. The minimum Gasteiger partial charge on any atom is -0.493 e. The molecule has 0 fully saturated rings. The Bertz CT molecular complexity index is 1050. The number of nitrogens with two attached hydrogens (primary N) is 1. The van der Waals surface area contributed by atoms with Gasteiger partial charge in [0.15, 0.2) is 11.0 Å². The van der Waals surface area contributed by atoms with Gasteiger partial charge in [0.25, 0.3) is 0 Å². The van der Waals surface area contributed by atoms with Crippen LogP contribution in [-0.2, 0) is 19.4 Å². The summed E-state index contributed by atoms with van der Waals surface area (Å²) in [6.07, 6.45) is 4.74. The van der Waals surface area contributed by atoms with Crippen LogP contribution in [0.5, 0.6) is 5.75 Å². The van der Waals surface area contributed by atoms with Gasteiger partial charge in [-0.1, -0.05) is 24.8 Å². The summed E-state index contributed by atoms with van der Waals surface area (Å²) in [6, 6.07) is 6.48. The molecule has 6 nitrogen and oxygen atoms in total. The van der Waals surface area contributed by atoms with Crippen LogP contribution in [0.4, 0.5) is 5.82 Å². The molecule has 3 heterocycles. The maximum absolute atomic E-state index is 6.15. The number of nitrogens with one attached hydrogen (secondary N) is 1. The number of ether oxygens (including phenoxy) is 1. The predicted molar refractivity (Wildman–Crippen MR) is 123 cm³/mol. The van der Waals surface area contributed by atoms with E-state index >= 15 is 0 Å². The van der Waals surface area contributed by atoms with Crippen LogP contribution < -0.4 is 15.8 Å². The van der Waals surface area contributed by atoms with Gasteiger partial charge in [-0.05, 0) is 63.4 Å². The molecule has 0 amide bonds. The summed E-state index contributed by atoms with van der Waals surface area (Å²) in [5.74, 6) is 1.49. The van der Waals surface area contributed by atoms with Crippen molar-refractivity contribution < 1.29 is 4.74 Å². The number of hydrogen-bond donors (Lipinski definition) is 2. The third-order valence-corrected chi connectivity index (χ3v) is 6.42. The molecule has 0 aliphatic carbocycles. The molecule has 2 aromatic heterocycles. The van der Waals surface area contributed by atoms with Crippen molar-refractivity contribution in [2.24, 2.45) is 0 Å². The lowest BCUT2D eigenvalue weighted by atomic mass is 10.1. The molecule has 0 atom stereocenters. The average Bonchev–Trinajstić information content (AvgIpc) is 3.29. The zero-order chi connectivity index (χ0) is 21.3. The summed E-state index contributed by atoms with van der Waals surface area (Å²) in [7, 11) is 0. The quantitative estimate of drug-likeness (QED) is 0.545. The number of aromatic nitrogens is 3. The van der Waals surface area contributed by atoms with Crippen molar-refractivity contribution >= 4 is 28.6 Å². The van der Waals surface area contributed by atoms with Gasteiger partial charge in [-0.2, -0.15) is 0 Å². The van der Waals surface area contributed by atoms with E-state index in [2.05, 4.69) is 54.7 Å². The van der Waals surface area contributed by atoms with Crippen LogP contribution in [0.3, 0.4) is 0 Å². The number of benzene rings is 1. The van der Waals surface area contributed by atoms with Gasteiger partial charge in [0.05, 0.1) is 12.1 Å². The van der Waals surface area contributed by atoms with Gasteiger partial charge in [0.1, 0.15) is 11.3 Å². The lowest BCUT2D eigenvalue weighted by Crippen LogP contribution is -2.36.